The van der Waals surface area contributed by atoms with Gasteiger partial charge in [0.2, 0.25) is 11.8 Å². The van der Waals surface area contributed by atoms with Crippen molar-refractivity contribution < 1.29 is 9.59 Å². The number of para-hydroxylation sites is 2. The molecule has 29 heavy (non-hydrogen) atoms. The minimum Gasteiger partial charge on any atom is -0.360 e. The smallest absolute Gasteiger partial charge is 0.227 e. The van der Waals surface area contributed by atoms with Crippen molar-refractivity contribution in [2.45, 2.75) is 17.7 Å². The van der Waals surface area contributed by atoms with Crippen molar-refractivity contribution in [3.8, 4) is 0 Å². The maximum atomic E-state index is 12.6. The molecular weight excluding hydrogens is 404 g/mol. The molecule has 0 radical (unpaired) electrons. The molecule has 2 heterocycles. The fourth-order valence-electron chi connectivity index (χ4n) is 3.19. The van der Waals surface area contributed by atoms with Crippen LogP contribution >= 0.6 is 23.1 Å². The second-order valence-electron chi connectivity index (χ2n) is 6.63. The molecule has 0 spiro atoms. The van der Waals surface area contributed by atoms with Crippen molar-refractivity contribution in [3.63, 3.8) is 0 Å². The summed E-state index contributed by atoms with van der Waals surface area (Å²) in [5.74, 6) is 0.775. The van der Waals surface area contributed by atoms with Gasteiger partial charge in [0.15, 0.2) is 5.13 Å². The number of nitrogens with zero attached hydrogens (tertiary/aromatic N) is 2. The number of hydrogen-bond acceptors (Lipinski definition) is 6. The lowest BCUT2D eigenvalue weighted by Crippen LogP contribution is -2.36. The van der Waals surface area contributed by atoms with Gasteiger partial charge in [-0.25, -0.2) is 4.98 Å². The maximum absolute atomic E-state index is 12.6. The fraction of sp³-hybridized carbons (Fsp3) is 0.286. The Morgan fingerprint density at radius 3 is 2.76 bits per heavy atom. The Labute approximate surface area is 177 Å². The number of thioether (sulfide) groups is 1. The number of thiazole rings is 1. The third kappa shape index (κ3) is 4.89. The van der Waals surface area contributed by atoms with Crippen LogP contribution in [0.5, 0.6) is 0 Å². The van der Waals surface area contributed by atoms with Gasteiger partial charge in [0.1, 0.15) is 0 Å². The molecule has 0 bridgehead atoms. The van der Waals surface area contributed by atoms with Crippen molar-refractivity contribution in [2.24, 2.45) is 0 Å². The average Bonchev–Trinajstić information content (AvgIpc) is 3.17. The van der Waals surface area contributed by atoms with Gasteiger partial charge in [-0.2, -0.15) is 0 Å². The molecular formula is C21H22N4O2S2. The highest BCUT2D eigenvalue weighted by Gasteiger charge is 2.22. The van der Waals surface area contributed by atoms with Gasteiger partial charge < -0.3 is 15.5 Å². The van der Waals surface area contributed by atoms with Crippen molar-refractivity contribution in [1.29, 1.82) is 0 Å². The number of carbonyl (C=O) groups is 2. The molecule has 150 valence electrons. The Balaban J connectivity index is 1.19. The van der Waals surface area contributed by atoms with Gasteiger partial charge >= 0.3 is 0 Å². The summed E-state index contributed by atoms with van der Waals surface area (Å²) >= 11 is 3.36. The second-order valence-corrected chi connectivity index (χ2v) is 8.79. The molecule has 0 fully saturated rings. The first-order valence-corrected chi connectivity index (χ1v) is 11.4. The quantitative estimate of drug-likeness (QED) is 0.563. The van der Waals surface area contributed by atoms with Gasteiger partial charge in [0, 0.05) is 43.1 Å². The number of carbonyl (C=O) groups excluding carboxylic acids is 2. The molecule has 3 aromatic rings. The van der Waals surface area contributed by atoms with Gasteiger partial charge in [-0.05, 0) is 24.3 Å². The molecule has 1 aromatic heterocycles. The van der Waals surface area contributed by atoms with Crippen LogP contribution in [-0.2, 0) is 9.59 Å². The maximum Gasteiger partial charge on any atom is 0.227 e. The van der Waals surface area contributed by atoms with E-state index in [1.165, 1.54) is 0 Å². The molecule has 6 nitrogen and oxygen atoms in total. The van der Waals surface area contributed by atoms with Crippen molar-refractivity contribution in [1.82, 2.24) is 10.3 Å². The lowest BCUT2D eigenvalue weighted by molar-refractivity contribution is -0.125. The zero-order chi connectivity index (χ0) is 20.1. The Morgan fingerprint density at radius 2 is 1.86 bits per heavy atom. The average molecular weight is 427 g/mol. The number of hydrogen-bond donors (Lipinski definition) is 2. The first-order valence-electron chi connectivity index (χ1n) is 9.59. The first-order chi connectivity index (χ1) is 14.2. The Kier molecular flexibility index (Phi) is 6.31. The van der Waals surface area contributed by atoms with Crippen LogP contribution in [0.2, 0.25) is 0 Å². The van der Waals surface area contributed by atoms with Crippen LogP contribution in [0.25, 0.3) is 10.2 Å². The molecule has 0 unspecified atom stereocenters. The molecule has 2 N–H and O–H groups in total. The summed E-state index contributed by atoms with van der Waals surface area (Å²) < 4.78 is 1.13. The van der Waals surface area contributed by atoms with E-state index in [1.807, 2.05) is 48.5 Å². The lowest BCUT2D eigenvalue weighted by atomic mass is 10.2. The topological polar surface area (TPSA) is 74.3 Å². The van der Waals surface area contributed by atoms with Crippen LogP contribution in [0.4, 0.5) is 10.8 Å². The van der Waals surface area contributed by atoms with Crippen molar-refractivity contribution in [2.75, 3.05) is 35.6 Å². The highest BCUT2D eigenvalue weighted by atomic mass is 32.2. The number of nitrogens with one attached hydrogen (secondary N) is 2. The van der Waals surface area contributed by atoms with Crippen molar-refractivity contribution >= 4 is 55.9 Å². The first kappa shape index (κ1) is 19.7. The monoisotopic (exact) mass is 426 g/mol. The molecule has 1 aliphatic heterocycles. The number of benzene rings is 2. The highest BCUT2D eigenvalue weighted by Crippen LogP contribution is 2.34. The summed E-state index contributed by atoms with van der Waals surface area (Å²) in [5.41, 5.74) is 1.93. The van der Waals surface area contributed by atoms with Gasteiger partial charge in [0.25, 0.3) is 0 Å². The van der Waals surface area contributed by atoms with E-state index in [2.05, 4.69) is 15.6 Å². The molecule has 1 aliphatic rings. The van der Waals surface area contributed by atoms with Gasteiger partial charge in [-0.3, -0.25) is 9.59 Å². The number of rotatable bonds is 7. The normalized spacial score (nSPS) is 13.2. The third-order valence-corrected chi connectivity index (χ3v) is 6.65. The van der Waals surface area contributed by atoms with Crippen LogP contribution in [-0.4, -0.2) is 42.2 Å². The van der Waals surface area contributed by atoms with E-state index in [9.17, 15) is 9.59 Å². The van der Waals surface area contributed by atoms with E-state index in [4.69, 9.17) is 0 Å². The third-order valence-electron chi connectivity index (χ3n) is 4.61. The lowest BCUT2D eigenvalue weighted by Gasteiger charge is -2.29. The van der Waals surface area contributed by atoms with Crippen LogP contribution in [0.15, 0.2) is 53.4 Å². The summed E-state index contributed by atoms with van der Waals surface area (Å²) in [4.78, 5) is 32.1. The molecule has 0 aliphatic carbocycles. The number of amides is 2. The molecule has 0 saturated heterocycles. The molecule has 4 rings (SSSR count). The van der Waals surface area contributed by atoms with Crippen LogP contribution in [0.1, 0.15) is 12.8 Å². The van der Waals surface area contributed by atoms with E-state index < -0.39 is 0 Å². The minimum absolute atomic E-state index is 0.000464. The highest BCUT2D eigenvalue weighted by molar-refractivity contribution is 7.99. The summed E-state index contributed by atoms with van der Waals surface area (Å²) in [6.45, 7) is 1.77. The molecule has 8 heteroatoms. The number of fused-ring (bicyclic) bond motifs is 2. The van der Waals surface area contributed by atoms with Gasteiger partial charge in [0.05, 0.1) is 15.9 Å². The van der Waals surface area contributed by atoms with Crippen molar-refractivity contribution in [3.05, 3.63) is 48.5 Å². The Morgan fingerprint density at radius 1 is 1.03 bits per heavy atom. The standard InChI is InChI=1S/C21H22N4O2S2/c26-19(22-11-12-23-21-24-15-5-1-3-7-17(15)29-21)9-10-20(27)25-13-14-28-18-8-4-2-6-16(18)25/h1-8H,9-14H2,(H,22,26)(H,23,24). The fourth-order valence-corrected chi connectivity index (χ4v) is 5.08. The second kappa shape index (κ2) is 9.28. The van der Waals surface area contributed by atoms with Gasteiger partial charge in [-0.15, -0.1) is 11.8 Å². The Bertz CT molecular complexity index is 988. The predicted octanol–water partition coefficient (Wildman–Crippen LogP) is 3.74. The largest absolute Gasteiger partial charge is 0.360 e. The summed E-state index contributed by atoms with van der Waals surface area (Å²) in [6, 6.07) is 15.9. The zero-order valence-corrected chi connectivity index (χ0v) is 17.5. The van der Waals surface area contributed by atoms with E-state index >= 15 is 0 Å². The molecule has 0 saturated carbocycles. The van der Waals surface area contributed by atoms with E-state index in [-0.39, 0.29) is 24.7 Å². The van der Waals surface area contributed by atoms with Crippen LogP contribution < -0.4 is 15.5 Å². The summed E-state index contributed by atoms with van der Waals surface area (Å²) in [6.07, 6.45) is 0.419. The van der Waals surface area contributed by atoms with E-state index in [0.717, 1.165) is 31.7 Å². The molecule has 2 amide bonds. The Hall–Kier alpha value is -2.58. The zero-order valence-electron chi connectivity index (χ0n) is 15.9. The number of anilines is 2. The number of aromatic nitrogens is 1. The predicted molar refractivity (Wildman–Crippen MR) is 120 cm³/mol. The van der Waals surface area contributed by atoms with E-state index in [1.54, 1.807) is 28.0 Å². The summed E-state index contributed by atoms with van der Waals surface area (Å²) in [7, 11) is 0. The molecule has 2 aromatic carbocycles. The van der Waals surface area contributed by atoms with Gasteiger partial charge in [-0.1, -0.05) is 35.6 Å². The van der Waals surface area contributed by atoms with E-state index in [0.29, 0.717) is 19.6 Å². The minimum atomic E-state index is -0.107. The summed E-state index contributed by atoms with van der Waals surface area (Å²) in [5, 5.41) is 6.94. The SMILES string of the molecule is O=C(CCC(=O)N1CCSc2ccccc21)NCCNc1nc2ccccc2s1. The molecule has 0 atom stereocenters. The van der Waals surface area contributed by atoms with Crippen LogP contribution in [0, 0.1) is 0 Å². The van der Waals surface area contributed by atoms with Crippen LogP contribution in [0.3, 0.4) is 0 Å².